The zero-order chi connectivity index (χ0) is 8.18. The van der Waals surface area contributed by atoms with E-state index >= 15 is 0 Å². The predicted molar refractivity (Wildman–Crippen MR) is 49.7 cm³/mol. The lowest BCUT2D eigenvalue weighted by Gasteiger charge is -2.22. The first-order valence-electron chi connectivity index (χ1n) is 5.62. The number of hydrogen-bond donors (Lipinski definition) is 1. The van der Waals surface area contributed by atoms with Crippen molar-refractivity contribution in [1.82, 2.24) is 0 Å². The van der Waals surface area contributed by atoms with Gasteiger partial charge in [0.05, 0.1) is 0 Å². The molecule has 0 aromatic carbocycles. The van der Waals surface area contributed by atoms with Gasteiger partial charge in [-0.15, -0.1) is 0 Å². The number of rotatable bonds is 1. The van der Waals surface area contributed by atoms with Crippen LogP contribution >= 0.6 is 0 Å². The normalized spacial score (nSPS) is 52.8. The molecule has 0 aliphatic heterocycles. The summed E-state index contributed by atoms with van der Waals surface area (Å²) in [5.74, 6) is 2.80. The highest BCUT2D eigenvalue weighted by molar-refractivity contribution is 5.21. The van der Waals surface area contributed by atoms with Crippen LogP contribution in [0.3, 0.4) is 0 Å². The molecular weight excluding hydrogens is 146 g/mol. The average molecular weight is 165 g/mol. The SMILES string of the molecule is NC1(C2CCCC2)C2CCCC21. The summed E-state index contributed by atoms with van der Waals surface area (Å²) >= 11 is 0. The van der Waals surface area contributed by atoms with Gasteiger partial charge in [0.25, 0.3) is 0 Å². The second-order valence-corrected chi connectivity index (χ2v) is 5.13. The molecule has 0 aromatic heterocycles. The molecule has 12 heavy (non-hydrogen) atoms. The zero-order valence-corrected chi connectivity index (χ0v) is 7.76. The second-order valence-electron chi connectivity index (χ2n) is 5.13. The maximum absolute atomic E-state index is 6.50. The number of fused-ring (bicyclic) bond motifs is 1. The molecular formula is C11H19N. The van der Waals surface area contributed by atoms with Crippen molar-refractivity contribution in [3.05, 3.63) is 0 Å². The molecule has 3 aliphatic rings. The van der Waals surface area contributed by atoms with Crippen LogP contribution < -0.4 is 5.73 Å². The topological polar surface area (TPSA) is 26.0 Å². The molecule has 3 fully saturated rings. The predicted octanol–water partition coefficient (Wildman–Crippen LogP) is 2.30. The molecule has 2 atom stereocenters. The van der Waals surface area contributed by atoms with Crippen LogP contribution in [0.4, 0.5) is 0 Å². The standard InChI is InChI=1S/C11H19N/c12-11(8-4-1-2-5-8)9-6-3-7-10(9)11/h8-10H,1-7,12H2. The summed E-state index contributed by atoms with van der Waals surface area (Å²) < 4.78 is 0. The summed E-state index contributed by atoms with van der Waals surface area (Å²) in [7, 11) is 0. The van der Waals surface area contributed by atoms with Gasteiger partial charge in [0.15, 0.2) is 0 Å². The molecule has 0 radical (unpaired) electrons. The minimum absolute atomic E-state index is 0.342. The molecule has 3 rings (SSSR count). The van der Waals surface area contributed by atoms with E-state index in [0.29, 0.717) is 5.54 Å². The van der Waals surface area contributed by atoms with Crippen molar-refractivity contribution >= 4 is 0 Å². The minimum atomic E-state index is 0.342. The first-order valence-corrected chi connectivity index (χ1v) is 5.62. The lowest BCUT2D eigenvalue weighted by molar-refractivity contribution is 0.343. The van der Waals surface area contributed by atoms with E-state index in [1.165, 1.54) is 44.9 Å². The van der Waals surface area contributed by atoms with Gasteiger partial charge in [-0.2, -0.15) is 0 Å². The highest BCUT2D eigenvalue weighted by atomic mass is 14.9. The first kappa shape index (κ1) is 7.37. The Morgan fingerprint density at radius 3 is 2.00 bits per heavy atom. The molecule has 68 valence electrons. The maximum atomic E-state index is 6.50. The van der Waals surface area contributed by atoms with Gasteiger partial charge in [-0.05, 0) is 43.4 Å². The van der Waals surface area contributed by atoms with Crippen LogP contribution in [0.2, 0.25) is 0 Å². The van der Waals surface area contributed by atoms with E-state index in [2.05, 4.69) is 0 Å². The molecule has 0 aromatic rings. The highest BCUT2D eigenvalue weighted by Gasteiger charge is 2.66. The van der Waals surface area contributed by atoms with Gasteiger partial charge in [0.2, 0.25) is 0 Å². The van der Waals surface area contributed by atoms with Crippen LogP contribution in [0.1, 0.15) is 44.9 Å². The maximum Gasteiger partial charge on any atom is 0.0246 e. The summed E-state index contributed by atoms with van der Waals surface area (Å²) in [6.45, 7) is 0. The Hall–Kier alpha value is -0.0400. The van der Waals surface area contributed by atoms with E-state index in [0.717, 1.165) is 17.8 Å². The van der Waals surface area contributed by atoms with E-state index < -0.39 is 0 Å². The van der Waals surface area contributed by atoms with Gasteiger partial charge in [-0.25, -0.2) is 0 Å². The van der Waals surface area contributed by atoms with Crippen LogP contribution in [0.15, 0.2) is 0 Å². The van der Waals surface area contributed by atoms with E-state index in [1.807, 2.05) is 0 Å². The molecule has 1 nitrogen and oxygen atoms in total. The molecule has 1 heteroatoms. The lowest BCUT2D eigenvalue weighted by atomic mass is 9.89. The third kappa shape index (κ3) is 0.736. The van der Waals surface area contributed by atoms with Gasteiger partial charge in [-0.1, -0.05) is 19.3 Å². The van der Waals surface area contributed by atoms with Gasteiger partial charge in [0, 0.05) is 5.54 Å². The van der Waals surface area contributed by atoms with E-state index in [-0.39, 0.29) is 0 Å². The largest absolute Gasteiger partial charge is 0.324 e. The van der Waals surface area contributed by atoms with Crippen molar-refractivity contribution < 1.29 is 0 Å². The van der Waals surface area contributed by atoms with Crippen LogP contribution in [0, 0.1) is 17.8 Å². The second kappa shape index (κ2) is 2.25. The molecule has 0 bridgehead atoms. The Morgan fingerprint density at radius 1 is 0.833 bits per heavy atom. The van der Waals surface area contributed by atoms with E-state index in [9.17, 15) is 0 Å². The molecule has 2 unspecified atom stereocenters. The molecule has 0 saturated heterocycles. The van der Waals surface area contributed by atoms with Crippen molar-refractivity contribution in [2.75, 3.05) is 0 Å². The Kier molecular flexibility index (Phi) is 1.39. The van der Waals surface area contributed by atoms with Crippen molar-refractivity contribution in [2.45, 2.75) is 50.5 Å². The van der Waals surface area contributed by atoms with Gasteiger partial charge in [-0.3, -0.25) is 0 Å². The van der Waals surface area contributed by atoms with Crippen LogP contribution in [0.25, 0.3) is 0 Å². The fourth-order valence-corrected chi connectivity index (χ4v) is 4.08. The zero-order valence-electron chi connectivity index (χ0n) is 7.76. The van der Waals surface area contributed by atoms with Crippen molar-refractivity contribution in [2.24, 2.45) is 23.5 Å². The first-order chi connectivity index (χ1) is 5.83. The van der Waals surface area contributed by atoms with Crippen molar-refractivity contribution in [3.8, 4) is 0 Å². The van der Waals surface area contributed by atoms with Crippen LogP contribution in [-0.2, 0) is 0 Å². The third-order valence-electron chi connectivity index (χ3n) is 4.75. The lowest BCUT2D eigenvalue weighted by Crippen LogP contribution is -2.36. The van der Waals surface area contributed by atoms with Gasteiger partial charge < -0.3 is 5.73 Å². The summed E-state index contributed by atoms with van der Waals surface area (Å²) in [6.07, 6.45) is 10.1. The van der Waals surface area contributed by atoms with E-state index in [4.69, 9.17) is 5.73 Å². The average Bonchev–Trinajstić information content (AvgIpc) is 2.62. The number of hydrogen-bond acceptors (Lipinski definition) is 1. The summed E-state index contributed by atoms with van der Waals surface area (Å²) in [4.78, 5) is 0. The Labute approximate surface area is 74.7 Å². The van der Waals surface area contributed by atoms with Crippen LogP contribution in [-0.4, -0.2) is 5.54 Å². The van der Waals surface area contributed by atoms with Crippen molar-refractivity contribution in [3.63, 3.8) is 0 Å². The quantitative estimate of drug-likeness (QED) is 0.634. The summed E-state index contributed by atoms with van der Waals surface area (Å²) in [6, 6.07) is 0. The Balaban J connectivity index is 1.76. The molecule has 0 spiro atoms. The van der Waals surface area contributed by atoms with E-state index in [1.54, 1.807) is 0 Å². The van der Waals surface area contributed by atoms with Gasteiger partial charge in [0.1, 0.15) is 0 Å². The summed E-state index contributed by atoms with van der Waals surface area (Å²) in [5, 5.41) is 0. The highest BCUT2D eigenvalue weighted by Crippen LogP contribution is 2.64. The number of nitrogens with two attached hydrogens (primary N) is 1. The summed E-state index contributed by atoms with van der Waals surface area (Å²) in [5.41, 5.74) is 6.84. The molecule has 3 saturated carbocycles. The fraction of sp³-hybridized carbons (Fsp3) is 1.00. The molecule has 3 aliphatic carbocycles. The minimum Gasteiger partial charge on any atom is -0.324 e. The Bertz CT molecular complexity index is 183. The molecule has 0 heterocycles. The monoisotopic (exact) mass is 165 g/mol. The van der Waals surface area contributed by atoms with Crippen LogP contribution in [0.5, 0.6) is 0 Å². The smallest absolute Gasteiger partial charge is 0.0246 e. The molecule has 0 amide bonds. The third-order valence-corrected chi connectivity index (χ3v) is 4.75. The van der Waals surface area contributed by atoms with Gasteiger partial charge >= 0.3 is 0 Å². The fourth-order valence-electron chi connectivity index (χ4n) is 4.08. The Morgan fingerprint density at radius 2 is 1.42 bits per heavy atom. The van der Waals surface area contributed by atoms with Crippen molar-refractivity contribution in [1.29, 1.82) is 0 Å². The molecule has 2 N–H and O–H groups in total.